The Morgan fingerprint density at radius 3 is 2.59 bits per heavy atom. The Morgan fingerprint density at radius 2 is 2.18 bits per heavy atom. The maximum Gasteiger partial charge on any atom is 0.217 e. The van der Waals surface area contributed by atoms with Crippen LogP contribution in [0.2, 0.25) is 0 Å². The number of hydrogen-bond donors (Lipinski definition) is 1. The molecule has 1 heterocycles. The van der Waals surface area contributed by atoms with E-state index in [-0.39, 0.29) is 6.04 Å². The van der Waals surface area contributed by atoms with E-state index in [1.54, 1.807) is 13.8 Å². The number of rotatable bonds is 5. The molecule has 17 heavy (non-hydrogen) atoms. The van der Waals surface area contributed by atoms with Gasteiger partial charge in [0.2, 0.25) is 11.6 Å². The summed E-state index contributed by atoms with van der Waals surface area (Å²) >= 11 is 0. The molecule has 1 saturated heterocycles. The average molecular weight is 236 g/mol. The number of hydrogen-bond acceptors (Lipinski definition) is 4. The highest BCUT2D eigenvalue weighted by atomic mass is 16.2. The van der Waals surface area contributed by atoms with Crippen molar-refractivity contribution >= 4 is 11.6 Å². The summed E-state index contributed by atoms with van der Waals surface area (Å²) in [6, 6.07) is 1.84. The van der Waals surface area contributed by atoms with Crippen molar-refractivity contribution in [2.24, 2.45) is 11.3 Å². The molecule has 2 unspecified atom stereocenters. The minimum absolute atomic E-state index is 0.149. The molecule has 4 nitrogen and oxygen atoms in total. The molecule has 1 aliphatic rings. The summed E-state index contributed by atoms with van der Waals surface area (Å²) in [7, 11) is 0. The van der Waals surface area contributed by atoms with Crippen molar-refractivity contribution in [2.75, 3.05) is 6.54 Å². The number of nitriles is 1. The zero-order valence-electron chi connectivity index (χ0n) is 10.7. The standard InChI is InChI=1S/C13H20N2O2/c1-4-13(2,3)12(17)11(16)9(8-14)10-6-5-7-15-10/h9-10,15H,4-7H2,1-3H3. The lowest BCUT2D eigenvalue weighted by atomic mass is 9.79. The first-order valence-electron chi connectivity index (χ1n) is 6.15. The van der Waals surface area contributed by atoms with Crippen LogP contribution in [0.5, 0.6) is 0 Å². The maximum absolute atomic E-state index is 12.1. The van der Waals surface area contributed by atoms with Crippen LogP contribution in [0.25, 0.3) is 0 Å². The number of carbonyl (C=O) groups is 2. The van der Waals surface area contributed by atoms with Crippen LogP contribution in [-0.4, -0.2) is 24.2 Å². The van der Waals surface area contributed by atoms with E-state index in [9.17, 15) is 9.59 Å². The lowest BCUT2D eigenvalue weighted by Crippen LogP contribution is -2.42. The first-order valence-corrected chi connectivity index (χ1v) is 6.15. The zero-order valence-corrected chi connectivity index (χ0v) is 10.7. The quantitative estimate of drug-likeness (QED) is 0.733. The Morgan fingerprint density at radius 1 is 1.53 bits per heavy atom. The van der Waals surface area contributed by atoms with Crippen molar-refractivity contribution in [1.29, 1.82) is 5.26 Å². The molecule has 94 valence electrons. The molecule has 1 fully saturated rings. The van der Waals surface area contributed by atoms with Crippen molar-refractivity contribution in [1.82, 2.24) is 5.32 Å². The Hall–Kier alpha value is -1.21. The summed E-state index contributed by atoms with van der Waals surface area (Å²) in [5, 5.41) is 12.2. The van der Waals surface area contributed by atoms with Gasteiger partial charge in [-0.2, -0.15) is 5.26 Å². The second-order valence-corrected chi connectivity index (χ2v) is 5.24. The topological polar surface area (TPSA) is 70.0 Å². The predicted octanol–water partition coefficient (Wildman–Crippen LogP) is 1.45. The summed E-state index contributed by atoms with van der Waals surface area (Å²) < 4.78 is 0. The molecule has 0 aromatic heterocycles. The molecule has 1 rings (SSSR count). The molecule has 0 saturated carbocycles. The van der Waals surface area contributed by atoms with E-state index in [4.69, 9.17) is 5.26 Å². The van der Waals surface area contributed by atoms with E-state index >= 15 is 0 Å². The fourth-order valence-corrected chi connectivity index (χ4v) is 1.96. The third-order valence-corrected chi connectivity index (χ3v) is 3.64. The molecule has 4 heteroatoms. The first-order chi connectivity index (χ1) is 7.94. The van der Waals surface area contributed by atoms with Crippen molar-refractivity contribution in [3.63, 3.8) is 0 Å². The second-order valence-electron chi connectivity index (χ2n) is 5.24. The molecular weight excluding hydrogens is 216 g/mol. The van der Waals surface area contributed by atoms with E-state index in [0.717, 1.165) is 19.4 Å². The van der Waals surface area contributed by atoms with E-state index in [1.807, 2.05) is 13.0 Å². The van der Waals surface area contributed by atoms with Crippen LogP contribution in [0.15, 0.2) is 0 Å². The predicted molar refractivity (Wildman–Crippen MR) is 64.2 cm³/mol. The number of nitrogens with one attached hydrogen (secondary N) is 1. The minimum Gasteiger partial charge on any atom is -0.312 e. The second kappa shape index (κ2) is 5.42. The van der Waals surface area contributed by atoms with E-state index in [1.165, 1.54) is 0 Å². The van der Waals surface area contributed by atoms with Gasteiger partial charge in [-0.15, -0.1) is 0 Å². The van der Waals surface area contributed by atoms with Gasteiger partial charge in [-0.3, -0.25) is 9.59 Å². The van der Waals surface area contributed by atoms with Crippen LogP contribution in [0, 0.1) is 22.7 Å². The van der Waals surface area contributed by atoms with Crippen LogP contribution in [0.3, 0.4) is 0 Å². The van der Waals surface area contributed by atoms with Gasteiger partial charge < -0.3 is 5.32 Å². The van der Waals surface area contributed by atoms with E-state index in [0.29, 0.717) is 6.42 Å². The smallest absolute Gasteiger partial charge is 0.217 e. The van der Waals surface area contributed by atoms with Crippen molar-refractivity contribution in [3.8, 4) is 6.07 Å². The highest BCUT2D eigenvalue weighted by molar-refractivity contribution is 6.40. The van der Waals surface area contributed by atoms with Gasteiger partial charge >= 0.3 is 0 Å². The Bertz CT molecular complexity index is 349. The largest absolute Gasteiger partial charge is 0.312 e. The molecule has 0 spiro atoms. The Balaban J connectivity index is 2.80. The van der Waals surface area contributed by atoms with Crippen LogP contribution in [0.4, 0.5) is 0 Å². The molecule has 0 radical (unpaired) electrons. The molecular formula is C13H20N2O2. The molecule has 1 aliphatic heterocycles. The molecule has 0 aromatic carbocycles. The van der Waals surface area contributed by atoms with Crippen LogP contribution < -0.4 is 5.32 Å². The van der Waals surface area contributed by atoms with E-state index in [2.05, 4.69) is 5.32 Å². The monoisotopic (exact) mass is 236 g/mol. The molecule has 1 N–H and O–H groups in total. The third kappa shape index (κ3) is 2.92. The fourth-order valence-electron chi connectivity index (χ4n) is 1.96. The first kappa shape index (κ1) is 13.9. The van der Waals surface area contributed by atoms with Gasteiger partial charge in [0, 0.05) is 11.5 Å². The van der Waals surface area contributed by atoms with Gasteiger partial charge in [0.25, 0.3) is 0 Å². The Kier molecular flexibility index (Phi) is 4.41. The van der Waals surface area contributed by atoms with Crippen molar-refractivity contribution in [2.45, 2.75) is 46.1 Å². The van der Waals surface area contributed by atoms with Crippen molar-refractivity contribution < 1.29 is 9.59 Å². The van der Waals surface area contributed by atoms with Gasteiger partial charge in [-0.1, -0.05) is 20.8 Å². The summed E-state index contributed by atoms with van der Waals surface area (Å²) in [4.78, 5) is 24.1. The number of ketones is 2. The lowest BCUT2D eigenvalue weighted by molar-refractivity contribution is -0.143. The maximum atomic E-state index is 12.1. The normalized spacial score (nSPS) is 21.9. The van der Waals surface area contributed by atoms with Gasteiger partial charge in [-0.05, 0) is 25.8 Å². The molecule has 0 amide bonds. The summed E-state index contributed by atoms with van der Waals surface area (Å²) in [6.45, 7) is 6.20. The van der Waals surface area contributed by atoms with Crippen LogP contribution in [0.1, 0.15) is 40.0 Å². The molecule has 0 aliphatic carbocycles. The highest BCUT2D eigenvalue weighted by Crippen LogP contribution is 2.25. The molecule has 0 bridgehead atoms. The summed E-state index contributed by atoms with van der Waals surface area (Å²) in [6.07, 6.45) is 2.36. The Labute approximate surface area is 102 Å². The molecule has 2 atom stereocenters. The SMILES string of the molecule is CCC(C)(C)C(=O)C(=O)C(C#N)C1CCCN1. The number of carbonyl (C=O) groups excluding carboxylic acids is 2. The third-order valence-electron chi connectivity index (χ3n) is 3.64. The number of nitrogens with zero attached hydrogens (tertiary/aromatic N) is 1. The molecule has 0 aromatic rings. The number of Topliss-reactive ketones (excluding diaryl/α,β-unsaturated/α-hetero) is 2. The van der Waals surface area contributed by atoms with Crippen LogP contribution in [-0.2, 0) is 9.59 Å². The van der Waals surface area contributed by atoms with E-state index < -0.39 is 22.9 Å². The van der Waals surface area contributed by atoms with Gasteiger partial charge in [0.05, 0.1) is 6.07 Å². The van der Waals surface area contributed by atoms with Crippen LogP contribution >= 0.6 is 0 Å². The van der Waals surface area contributed by atoms with Gasteiger partial charge in [0.1, 0.15) is 5.92 Å². The average Bonchev–Trinajstić information content (AvgIpc) is 2.82. The summed E-state index contributed by atoms with van der Waals surface area (Å²) in [5.41, 5.74) is -0.662. The van der Waals surface area contributed by atoms with Gasteiger partial charge in [-0.25, -0.2) is 0 Å². The zero-order chi connectivity index (χ0) is 13.1. The van der Waals surface area contributed by atoms with Crippen molar-refractivity contribution in [3.05, 3.63) is 0 Å². The minimum atomic E-state index is -0.823. The fraction of sp³-hybridized carbons (Fsp3) is 0.769. The van der Waals surface area contributed by atoms with Gasteiger partial charge in [0.15, 0.2) is 0 Å². The highest BCUT2D eigenvalue weighted by Gasteiger charge is 2.39. The lowest BCUT2D eigenvalue weighted by Gasteiger charge is -2.23. The summed E-state index contributed by atoms with van der Waals surface area (Å²) in [5.74, 6) is -1.77.